The topological polar surface area (TPSA) is 132 Å². The summed E-state index contributed by atoms with van der Waals surface area (Å²) in [5, 5.41) is 25.6. The van der Waals surface area contributed by atoms with Gasteiger partial charge in [-0.15, -0.1) is 16.8 Å². The summed E-state index contributed by atoms with van der Waals surface area (Å²) in [7, 11) is 0. The summed E-state index contributed by atoms with van der Waals surface area (Å²) in [6.45, 7) is 9.60. The minimum absolute atomic E-state index is 0.0152. The van der Waals surface area contributed by atoms with Crippen molar-refractivity contribution in [3.8, 4) is 0 Å². The minimum Gasteiger partial charge on any atom is -0.342 e. The lowest BCUT2D eigenvalue weighted by Gasteiger charge is -2.16. The summed E-state index contributed by atoms with van der Waals surface area (Å²) in [5.74, 6) is -0.00964. The number of carbonyl (C=O) groups is 2. The number of amides is 2. The molecule has 0 saturated carbocycles. The maximum Gasteiger partial charge on any atom is 0.271 e. The number of anilines is 1. The lowest BCUT2D eigenvalue weighted by molar-refractivity contribution is -0.384. The molecule has 182 valence electrons. The van der Waals surface area contributed by atoms with E-state index in [1.165, 1.54) is 23.9 Å². The van der Waals surface area contributed by atoms with Crippen LogP contribution in [0.5, 0.6) is 0 Å². The van der Waals surface area contributed by atoms with Gasteiger partial charge in [0.25, 0.3) is 11.6 Å². The fraction of sp³-hybridized carbons (Fsp3) is 0.250. The summed E-state index contributed by atoms with van der Waals surface area (Å²) < 4.78 is 1.78. The van der Waals surface area contributed by atoms with Gasteiger partial charge in [0.2, 0.25) is 5.91 Å². The smallest absolute Gasteiger partial charge is 0.271 e. The van der Waals surface area contributed by atoms with E-state index in [0.29, 0.717) is 34.3 Å². The molecule has 3 aromatic rings. The Bertz CT molecular complexity index is 1270. The molecule has 0 aliphatic heterocycles. The van der Waals surface area contributed by atoms with E-state index >= 15 is 0 Å². The molecule has 1 atom stereocenters. The first-order chi connectivity index (χ1) is 16.7. The van der Waals surface area contributed by atoms with Crippen molar-refractivity contribution < 1.29 is 14.5 Å². The first-order valence-corrected chi connectivity index (χ1v) is 11.8. The molecule has 1 heterocycles. The number of nitrogens with one attached hydrogen (secondary N) is 2. The van der Waals surface area contributed by atoms with Gasteiger partial charge in [0.1, 0.15) is 0 Å². The van der Waals surface area contributed by atoms with Crippen LogP contribution < -0.4 is 10.6 Å². The van der Waals surface area contributed by atoms with Crippen LogP contribution in [0.3, 0.4) is 0 Å². The molecule has 0 saturated heterocycles. The highest BCUT2D eigenvalue weighted by Crippen LogP contribution is 2.24. The van der Waals surface area contributed by atoms with Crippen molar-refractivity contribution in [2.45, 2.75) is 38.5 Å². The molecular formula is C24H26N6O4S. The van der Waals surface area contributed by atoms with Gasteiger partial charge in [-0.3, -0.25) is 19.7 Å². The molecule has 2 N–H and O–H groups in total. The second-order valence-electron chi connectivity index (χ2n) is 7.84. The lowest BCUT2D eigenvalue weighted by Crippen LogP contribution is -2.29. The van der Waals surface area contributed by atoms with Crippen LogP contribution in [-0.2, 0) is 11.3 Å². The summed E-state index contributed by atoms with van der Waals surface area (Å²) >= 11 is 1.17. The van der Waals surface area contributed by atoms with Crippen LogP contribution >= 0.6 is 11.8 Å². The number of nitro groups is 1. The molecule has 0 spiro atoms. The largest absolute Gasteiger partial charge is 0.342 e. The zero-order chi connectivity index (χ0) is 25.5. The lowest BCUT2D eigenvalue weighted by atomic mass is 10.1. The third-order valence-electron chi connectivity index (χ3n) is 5.22. The molecule has 1 aromatic heterocycles. The molecule has 10 nitrogen and oxygen atoms in total. The summed E-state index contributed by atoms with van der Waals surface area (Å²) in [6.07, 6.45) is 1.68. The van der Waals surface area contributed by atoms with Gasteiger partial charge >= 0.3 is 0 Å². The Morgan fingerprint density at radius 2 is 1.94 bits per heavy atom. The Morgan fingerprint density at radius 3 is 2.63 bits per heavy atom. The first kappa shape index (κ1) is 25.6. The van der Waals surface area contributed by atoms with Gasteiger partial charge in [0, 0.05) is 24.2 Å². The normalized spacial score (nSPS) is 11.5. The monoisotopic (exact) mass is 494 g/mol. The van der Waals surface area contributed by atoms with Gasteiger partial charge in [0.05, 0.1) is 22.4 Å². The first-order valence-electron chi connectivity index (χ1n) is 10.8. The second-order valence-corrected chi connectivity index (χ2v) is 8.79. The van der Waals surface area contributed by atoms with Crippen LogP contribution in [0.15, 0.2) is 60.3 Å². The van der Waals surface area contributed by atoms with Crippen LogP contribution in [0.2, 0.25) is 0 Å². The summed E-state index contributed by atoms with van der Waals surface area (Å²) in [4.78, 5) is 35.8. The van der Waals surface area contributed by atoms with Gasteiger partial charge in [-0.1, -0.05) is 42.1 Å². The number of nitro benzene ring substituents is 1. The number of rotatable bonds is 10. The molecule has 0 unspecified atom stereocenters. The molecule has 2 aromatic carbocycles. The zero-order valence-corrected chi connectivity index (χ0v) is 20.5. The number of hydrogen-bond donors (Lipinski definition) is 2. The second kappa shape index (κ2) is 11.4. The molecule has 35 heavy (non-hydrogen) atoms. The van der Waals surface area contributed by atoms with E-state index in [-0.39, 0.29) is 23.3 Å². The van der Waals surface area contributed by atoms with Crippen molar-refractivity contribution in [2.24, 2.45) is 0 Å². The number of benzene rings is 2. The van der Waals surface area contributed by atoms with Crippen LogP contribution in [0.1, 0.15) is 40.3 Å². The standard InChI is InChI=1S/C24H26N6O4S/c1-5-12-29-22(17(4)25-23(32)19-9-7-6-8-15(19)2)27-28-24(29)35-14-21(31)26-20-13-18(30(33)34)11-10-16(20)3/h5-11,13,17H,1,12,14H2,2-4H3,(H,25,32)(H,26,31)/t17-/m0/s1. The number of aryl methyl sites for hydroxylation is 2. The van der Waals surface area contributed by atoms with E-state index in [1.54, 1.807) is 29.7 Å². The van der Waals surface area contributed by atoms with Crippen molar-refractivity contribution in [1.29, 1.82) is 0 Å². The van der Waals surface area contributed by atoms with E-state index < -0.39 is 11.0 Å². The van der Waals surface area contributed by atoms with Crippen LogP contribution in [0, 0.1) is 24.0 Å². The van der Waals surface area contributed by atoms with Crippen molar-refractivity contribution >= 4 is 35.0 Å². The summed E-state index contributed by atoms with van der Waals surface area (Å²) in [5.41, 5.74) is 2.44. The van der Waals surface area contributed by atoms with Crippen molar-refractivity contribution in [3.63, 3.8) is 0 Å². The van der Waals surface area contributed by atoms with Crippen molar-refractivity contribution in [2.75, 3.05) is 11.1 Å². The van der Waals surface area contributed by atoms with Gasteiger partial charge < -0.3 is 15.2 Å². The highest BCUT2D eigenvalue weighted by molar-refractivity contribution is 7.99. The Kier molecular flexibility index (Phi) is 8.37. The molecule has 0 aliphatic rings. The quantitative estimate of drug-likeness (QED) is 0.187. The zero-order valence-electron chi connectivity index (χ0n) is 19.6. The molecule has 3 rings (SSSR count). The van der Waals surface area contributed by atoms with Crippen molar-refractivity contribution in [1.82, 2.24) is 20.1 Å². The number of non-ortho nitro benzene ring substituents is 1. The number of nitrogens with zero attached hydrogens (tertiary/aromatic N) is 4. The van der Waals surface area contributed by atoms with E-state index in [4.69, 9.17) is 0 Å². The molecule has 0 radical (unpaired) electrons. The third kappa shape index (κ3) is 6.33. The molecule has 0 fully saturated rings. The maximum absolute atomic E-state index is 12.7. The molecule has 11 heteroatoms. The van der Waals surface area contributed by atoms with Gasteiger partial charge in [-0.05, 0) is 38.0 Å². The highest BCUT2D eigenvalue weighted by atomic mass is 32.2. The SMILES string of the molecule is C=CCn1c(SCC(=O)Nc2cc([N+](=O)[O-])ccc2C)nnc1[C@H](C)NC(=O)c1ccccc1C. The van der Waals surface area contributed by atoms with Crippen LogP contribution in [0.25, 0.3) is 0 Å². The number of thioether (sulfide) groups is 1. The predicted molar refractivity (Wildman–Crippen MR) is 134 cm³/mol. The number of carbonyl (C=O) groups excluding carboxylic acids is 2. The number of allylic oxidation sites excluding steroid dienone is 1. The van der Waals surface area contributed by atoms with E-state index in [2.05, 4.69) is 27.4 Å². The highest BCUT2D eigenvalue weighted by Gasteiger charge is 2.21. The average Bonchev–Trinajstić information content (AvgIpc) is 3.22. The van der Waals surface area contributed by atoms with Crippen LogP contribution in [0.4, 0.5) is 11.4 Å². The maximum atomic E-state index is 12.7. The average molecular weight is 495 g/mol. The fourth-order valence-electron chi connectivity index (χ4n) is 3.37. The van der Waals surface area contributed by atoms with Gasteiger partial charge in [-0.25, -0.2) is 0 Å². The molecule has 0 bridgehead atoms. The Labute approximate surface area is 207 Å². The van der Waals surface area contributed by atoms with Gasteiger partial charge in [0.15, 0.2) is 11.0 Å². The van der Waals surface area contributed by atoms with Crippen molar-refractivity contribution in [3.05, 3.63) is 87.7 Å². The van der Waals surface area contributed by atoms with E-state index in [9.17, 15) is 19.7 Å². The third-order valence-corrected chi connectivity index (χ3v) is 6.19. The fourth-order valence-corrected chi connectivity index (χ4v) is 4.12. The Hall–Kier alpha value is -3.99. The molecule has 0 aliphatic carbocycles. The predicted octanol–water partition coefficient (Wildman–Crippen LogP) is 4.21. The van der Waals surface area contributed by atoms with E-state index in [0.717, 1.165) is 5.56 Å². The van der Waals surface area contributed by atoms with Crippen LogP contribution in [-0.4, -0.2) is 37.3 Å². The molecule has 2 amide bonds. The molecular weight excluding hydrogens is 468 g/mol. The summed E-state index contributed by atoms with van der Waals surface area (Å²) in [6, 6.07) is 11.2. The number of aromatic nitrogens is 3. The Balaban J connectivity index is 1.69. The Morgan fingerprint density at radius 1 is 1.20 bits per heavy atom. The van der Waals surface area contributed by atoms with E-state index in [1.807, 2.05) is 32.0 Å². The number of hydrogen-bond acceptors (Lipinski definition) is 7. The van der Waals surface area contributed by atoms with Gasteiger partial charge in [-0.2, -0.15) is 0 Å². The minimum atomic E-state index is -0.512.